The Kier molecular flexibility index (Phi) is 4.98. The van der Waals surface area contributed by atoms with Crippen molar-refractivity contribution in [2.24, 2.45) is 11.7 Å². The van der Waals surface area contributed by atoms with Crippen molar-refractivity contribution in [3.05, 3.63) is 54.0 Å². The van der Waals surface area contributed by atoms with Gasteiger partial charge in [0.15, 0.2) is 0 Å². The molecule has 28 heavy (non-hydrogen) atoms. The molecule has 5 rings (SSSR count). The number of nitrogens with one attached hydrogen (secondary N) is 3. The Morgan fingerprint density at radius 2 is 2.11 bits per heavy atom. The average molecular weight is 380 g/mol. The number of anilines is 1. The summed E-state index contributed by atoms with van der Waals surface area (Å²) in [5.41, 5.74) is 15.5. The van der Waals surface area contributed by atoms with Crippen LogP contribution in [0.5, 0.6) is 0 Å². The summed E-state index contributed by atoms with van der Waals surface area (Å²) in [6.45, 7) is 2.87. The van der Waals surface area contributed by atoms with Crippen molar-refractivity contribution >= 4 is 5.82 Å². The fourth-order valence-electron chi connectivity index (χ4n) is 4.91. The fourth-order valence-corrected chi connectivity index (χ4v) is 4.91. The van der Waals surface area contributed by atoms with Crippen molar-refractivity contribution in [1.82, 2.24) is 26.1 Å². The van der Waals surface area contributed by atoms with Gasteiger partial charge in [-0.2, -0.15) is 0 Å². The molecule has 148 valence electrons. The molecule has 7 heteroatoms. The molecule has 0 aromatic carbocycles. The number of hydrazine groups is 1. The number of nitrogens with zero attached hydrogens (tertiary/aromatic N) is 3. The first-order valence-corrected chi connectivity index (χ1v) is 10.4. The van der Waals surface area contributed by atoms with Gasteiger partial charge in [-0.15, -0.1) is 0 Å². The van der Waals surface area contributed by atoms with Crippen LogP contribution in [-0.4, -0.2) is 41.7 Å². The summed E-state index contributed by atoms with van der Waals surface area (Å²) in [5.74, 6) is 1.54. The highest BCUT2D eigenvalue weighted by molar-refractivity contribution is 5.41. The molecule has 5 heterocycles. The van der Waals surface area contributed by atoms with Gasteiger partial charge in [-0.25, -0.2) is 10.4 Å². The maximum absolute atomic E-state index is 6.18. The minimum atomic E-state index is 0.213. The van der Waals surface area contributed by atoms with Crippen LogP contribution >= 0.6 is 0 Å². The van der Waals surface area contributed by atoms with E-state index >= 15 is 0 Å². The van der Waals surface area contributed by atoms with Crippen LogP contribution < -0.4 is 26.8 Å². The molecule has 5 N–H and O–H groups in total. The van der Waals surface area contributed by atoms with E-state index in [9.17, 15) is 0 Å². The van der Waals surface area contributed by atoms with Crippen LogP contribution in [0.2, 0.25) is 0 Å². The molecule has 3 fully saturated rings. The molecule has 0 aliphatic carbocycles. The molecule has 0 spiro atoms. The van der Waals surface area contributed by atoms with Crippen LogP contribution in [0.25, 0.3) is 0 Å². The normalized spacial score (nSPS) is 32.9. The molecule has 7 nitrogen and oxygen atoms in total. The molecule has 3 aliphatic heterocycles. The molecule has 0 bridgehead atoms. The third-order valence-electron chi connectivity index (χ3n) is 6.40. The minimum Gasteiger partial charge on any atom is -0.355 e. The lowest BCUT2D eigenvalue weighted by atomic mass is 9.81. The van der Waals surface area contributed by atoms with Gasteiger partial charge in [0.25, 0.3) is 0 Å². The Labute approximate surface area is 166 Å². The van der Waals surface area contributed by atoms with Gasteiger partial charge in [-0.05, 0) is 43.0 Å². The topological polar surface area (TPSA) is 91.1 Å². The van der Waals surface area contributed by atoms with E-state index in [1.54, 1.807) is 0 Å². The summed E-state index contributed by atoms with van der Waals surface area (Å²) in [4.78, 5) is 11.7. The van der Waals surface area contributed by atoms with Crippen molar-refractivity contribution in [2.75, 3.05) is 24.5 Å². The number of hydrogen-bond donors (Lipinski definition) is 4. The summed E-state index contributed by atoms with van der Waals surface area (Å²) in [5, 5.41) is 3.66. The SMILES string of the molecule is N[C@H]1CCCN(c2cccc(C3NNC4CNC(c5cccnc5)CC43)n2)C1. The number of aromatic nitrogens is 2. The third-order valence-corrected chi connectivity index (χ3v) is 6.40. The largest absolute Gasteiger partial charge is 0.355 e. The van der Waals surface area contributed by atoms with E-state index in [4.69, 9.17) is 10.7 Å². The highest BCUT2D eigenvalue weighted by atomic mass is 15.4. The molecule has 5 atom stereocenters. The van der Waals surface area contributed by atoms with E-state index in [1.807, 2.05) is 18.5 Å². The van der Waals surface area contributed by atoms with Crippen molar-refractivity contribution in [3.63, 3.8) is 0 Å². The number of fused-ring (bicyclic) bond motifs is 1. The standard InChI is InChI=1S/C21H29N7/c22-15-5-3-9-28(13-15)20-7-1-6-17(25-20)21-16-10-18(14-4-2-8-23-11-14)24-12-19(16)26-27-21/h1-2,4,6-8,11,15-16,18-19,21,24,26-27H,3,5,9-10,12-13,22H2/t15-,16?,18?,19?,21?/m0/s1. The van der Waals surface area contributed by atoms with E-state index in [0.717, 1.165) is 50.4 Å². The molecule has 3 saturated heterocycles. The smallest absolute Gasteiger partial charge is 0.128 e. The van der Waals surface area contributed by atoms with Crippen LogP contribution in [0, 0.1) is 5.92 Å². The zero-order valence-electron chi connectivity index (χ0n) is 16.1. The molecular formula is C21H29N7. The molecule has 0 saturated carbocycles. The van der Waals surface area contributed by atoms with Crippen LogP contribution in [0.4, 0.5) is 5.82 Å². The molecule has 0 amide bonds. The van der Waals surface area contributed by atoms with Gasteiger partial charge in [0.2, 0.25) is 0 Å². The second kappa shape index (κ2) is 7.75. The zero-order chi connectivity index (χ0) is 18.9. The van der Waals surface area contributed by atoms with E-state index in [-0.39, 0.29) is 12.1 Å². The molecule has 4 unspecified atom stereocenters. The molecule has 2 aromatic rings. The van der Waals surface area contributed by atoms with E-state index in [1.165, 1.54) is 5.56 Å². The quantitative estimate of drug-likeness (QED) is 0.638. The fraction of sp³-hybridized carbons (Fsp3) is 0.524. The monoisotopic (exact) mass is 379 g/mol. The Hall–Kier alpha value is -2.06. The minimum absolute atomic E-state index is 0.213. The summed E-state index contributed by atoms with van der Waals surface area (Å²) in [6, 6.07) is 11.8. The Balaban J connectivity index is 1.35. The first kappa shape index (κ1) is 18.0. The lowest BCUT2D eigenvalue weighted by Crippen LogP contribution is -2.46. The number of rotatable bonds is 3. The second-order valence-corrected chi connectivity index (χ2v) is 8.29. The van der Waals surface area contributed by atoms with Gasteiger partial charge in [-0.1, -0.05) is 12.1 Å². The summed E-state index contributed by atoms with van der Waals surface area (Å²) >= 11 is 0. The number of hydrogen-bond acceptors (Lipinski definition) is 7. The third kappa shape index (κ3) is 3.51. The number of piperidine rings is 2. The highest BCUT2D eigenvalue weighted by Gasteiger charge is 2.42. The van der Waals surface area contributed by atoms with Crippen molar-refractivity contribution in [3.8, 4) is 0 Å². The Morgan fingerprint density at radius 1 is 1.14 bits per heavy atom. The average Bonchev–Trinajstić information content (AvgIpc) is 3.18. The Morgan fingerprint density at radius 3 is 2.96 bits per heavy atom. The van der Waals surface area contributed by atoms with Crippen LogP contribution in [0.1, 0.15) is 42.6 Å². The molecular weight excluding hydrogens is 350 g/mol. The van der Waals surface area contributed by atoms with E-state index < -0.39 is 0 Å². The summed E-state index contributed by atoms with van der Waals surface area (Å²) in [7, 11) is 0. The van der Waals surface area contributed by atoms with Crippen molar-refractivity contribution in [2.45, 2.75) is 43.4 Å². The number of nitrogens with two attached hydrogens (primary N) is 1. The van der Waals surface area contributed by atoms with Gasteiger partial charge < -0.3 is 16.0 Å². The Bertz CT molecular complexity index is 798. The summed E-state index contributed by atoms with van der Waals surface area (Å²) in [6.07, 6.45) is 7.11. The zero-order valence-corrected chi connectivity index (χ0v) is 16.1. The molecule has 2 aromatic heterocycles. The maximum Gasteiger partial charge on any atom is 0.128 e. The van der Waals surface area contributed by atoms with Gasteiger partial charge in [0, 0.05) is 56.1 Å². The predicted octanol–water partition coefficient (Wildman–Crippen LogP) is 1.27. The molecule has 0 radical (unpaired) electrons. The maximum atomic E-state index is 6.18. The van der Waals surface area contributed by atoms with Crippen molar-refractivity contribution < 1.29 is 0 Å². The first-order valence-electron chi connectivity index (χ1n) is 10.4. The first-order chi connectivity index (χ1) is 13.8. The second-order valence-electron chi connectivity index (χ2n) is 8.29. The van der Waals surface area contributed by atoms with Gasteiger partial charge in [0.05, 0.1) is 11.7 Å². The van der Waals surface area contributed by atoms with Gasteiger partial charge >= 0.3 is 0 Å². The van der Waals surface area contributed by atoms with E-state index in [2.05, 4.69) is 50.3 Å². The van der Waals surface area contributed by atoms with Crippen LogP contribution in [-0.2, 0) is 0 Å². The number of pyridine rings is 2. The lowest BCUT2D eigenvalue weighted by Gasteiger charge is -2.35. The van der Waals surface area contributed by atoms with Crippen molar-refractivity contribution in [1.29, 1.82) is 0 Å². The van der Waals surface area contributed by atoms with Gasteiger partial charge in [0.1, 0.15) is 5.82 Å². The summed E-state index contributed by atoms with van der Waals surface area (Å²) < 4.78 is 0. The predicted molar refractivity (Wildman–Crippen MR) is 110 cm³/mol. The van der Waals surface area contributed by atoms with Crippen LogP contribution in [0.15, 0.2) is 42.7 Å². The van der Waals surface area contributed by atoms with Gasteiger partial charge in [-0.3, -0.25) is 10.4 Å². The van der Waals surface area contributed by atoms with Crippen LogP contribution in [0.3, 0.4) is 0 Å². The molecule has 3 aliphatic rings. The highest BCUT2D eigenvalue weighted by Crippen LogP contribution is 2.38. The lowest BCUT2D eigenvalue weighted by molar-refractivity contribution is 0.265. The van der Waals surface area contributed by atoms with E-state index in [0.29, 0.717) is 18.0 Å².